The van der Waals surface area contributed by atoms with Crippen LogP contribution in [0.1, 0.15) is 34.3 Å². The molecule has 0 fully saturated rings. The number of hydrogen-bond donors (Lipinski definition) is 1. The van der Waals surface area contributed by atoms with E-state index in [1.165, 1.54) is 12.1 Å². The molecule has 1 aromatic heterocycles. The van der Waals surface area contributed by atoms with E-state index in [0.717, 1.165) is 47.5 Å². The molecule has 1 aliphatic rings. The van der Waals surface area contributed by atoms with Crippen molar-refractivity contribution in [2.45, 2.75) is 31.3 Å². The fourth-order valence-corrected chi connectivity index (χ4v) is 5.19. The topological polar surface area (TPSA) is 75.7 Å². The average Bonchev–Trinajstić information content (AvgIpc) is 3.38. The summed E-state index contributed by atoms with van der Waals surface area (Å²) in [7, 11) is -5.70. The highest BCUT2D eigenvalue weighted by molar-refractivity contribution is 7.88. The first-order valence-electron chi connectivity index (χ1n) is 11.4. The highest BCUT2D eigenvalue weighted by Crippen LogP contribution is 2.30. The molecule has 0 spiro atoms. The van der Waals surface area contributed by atoms with Gasteiger partial charge in [0.05, 0.1) is 0 Å². The van der Waals surface area contributed by atoms with E-state index >= 15 is 0 Å². The van der Waals surface area contributed by atoms with Crippen LogP contribution in [-0.4, -0.2) is 44.4 Å². The predicted octanol–water partition coefficient (Wildman–Crippen LogP) is 5.21. The third-order valence-corrected chi connectivity index (χ3v) is 7.80. The maximum Gasteiger partial charge on any atom is 0.534 e. The van der Waals surface area contributed by atoms with Crippen molar-refractivity contribution >= 4 is 27.4 Å². The second kappa shape index (κ2) is 11.0. The van der Waals surface area contributed by atoms with Crippen LogP contribution in [0.3, 0.4) is 0 Å². The van der Waals surface area contributed by atoms with Gasteiger partial charge in [-0.2, -0.15) is 21.6 Å². The number of nitrogens with zero attached hydrogens (tertiary/aromatic N) is 1. The summed E-state index contributed by atoms with van der Waals surface area (Å²) >= 11 is 1.65. The van der Waals surface area contributed by atoms with E-state index in [-0.39, 0.29) is 11.7 Å². The maximum absolute atomic E-state index is 12.6. The second-order valence-corrected chi connectivity index (χ2v) is 10.9. The van der Waals surface area contributed by atoms with Gasteiger partial charge in [-0.05, 0) is 78.2 Å². The molecular weight excluding hydrogens is 513 g/mol. The average molecular weight is 539 g/mol. The number of unbranched alkanes of at least 4 members (excludes halogenated alkanes) is 1. The largest absolute Gasteiger partial charge is 0.534 e. The number of amides is 1. The lowest BCUT2D eigenvalue weighted by molar-refractivity contribution is -0.0500. The number of carbonyl (C=O) groups is 1. The second-order valence-electron chi connectivity index (χ2n) is 8.46. The number of fused-ring (bicyclic) bond motifs is 1. The number of hydrogen-bond acceptors (Lipinski definition) is 6. The molecular formula is C25H25F3N2O4S2. The van der Waals surface area contributed by atoms with E-state index in [1.807, 2.05) is 41.8 Å². The lowest BCUT2D eigenvalue weighted by atomic mass is 9.99. The zero-order valence-electron chi connectivity index (χ0n) is 19.3. The van der Waals surface area contributed by atoms with Gasteiger partial charge in [-0.15, -0.1) is 11.3 Å². The summed E-state index contributed by atoms with van der Waals surface area (Å²) < 4.78 is 64.6. The molecule has 0 aliphatic carbocycles. The molecule has 0 saturated heterocycles. The van der Waals surface area contributed by atoms with Crippen LogP contribution in [0.25, 0.3) is 10.4 Å². The predicted molar refractivity (Wildman–Crippen MR) is 132 cm³/mol. The highest BCUT2D eigenvalue weighted by atomic mass is 32.2. The van der Waals surface area contributed by atoms with Crippen LogP contribution in [0.15, 0.2) is 60.0 Å². The monoisotopic (exact) mass is 538 g/mol. The number of benzene rings is 2. The summed E-state index contributed by atoms with van der Waals surface area (Å²) in [6, 6.07) is 15.7. The van der Waals surface area contributed by atoms with Gasteiger partial charge in [-0.1, -0.05) is 24.3 Å². The fourth-order valence-electron chi connectivity index (χ4n) is 4.00. The third-order valence-electron chi connectivity index (χ3n) is 5.90. The SMILES string of the molecule is O=C(NCCCCN1CCc2ccc(OS(=O)(=O)C(F)(F)F)cc2C1)c1ccc(-c2cccs2)cc1. The Labute approximate surface area is 211 Å². The van der Waals surface area contributed by atoms with Crippen LogP contribution < -0.4 is 9.50 Å². The molecule has 0 unspecified atom stereocenters. The van der Waals surface area contributed by atoms with Gasteiger partial charge in [0.2, 0.25) is 0 Å². The molecule has 1 amide bonds. The van der Waals surface area contributed by atoms with Crippen molar-refractivity contribution in [3.63, 3.8) is 0 Å². The standard InChI is InChI=1S/C25H25F3N2O4S2/c26-25(27,28)36(32,33)34-22-10-9-18-11-14-30(17-21(18)16-22)13-2-1-12-29-24(31)20-7-5-19(6-8-20)23-4-3-15-35-23/h3-10,15-16H,1-2,11-14,17H2,(H,29,31). The van der Waals surface area contributed by atoms with Crippen molar-refractivity contribution in [2.75, 3.05) is 19.6 Å². The summed E-state index contributed by atoms with van der Waals surface area (Å²) in [4.78, 5) is 15.7. The van der Waals surface area contributed by atoms with Crippen LogP contribution in [0.4, 0.5) is 13.2 Å². The Balaban J connectivity index is 1.21. The Bertz CT molecular complexity index is 1290. The van der Waals surface area contributed by atoms with E-state index in [9.17, 15) is 26.4 Å². The normalized spacial score (nSPS) is 14.3. The molecule has 11 heteroatoms. The molecule has 1 aliphatic heterocycles. The van der Waals surface area contributed by atoms with E-state index < -0.39 is 15.6 Å². The van der Waals surface area contributed by atoms with E-state index in [2.05, 4.69) is 14.4 Å². The van der Waals surface area contributed by atoms with Crippen LogP contribution in [0.2, 0.25) is 0 Å². The van der Waals surface area contributed by atoms with Crippen molar-refractivity contribution in [3.8, 4) is 16.2 Å². The molecule has 0 radical (unpaired) electrons. The molecule has 6 nitrogen and oxygen atoms in total. The Morgan fingerprint density at radius 3 is 2.53 bits per heavy atom. The van der Waals surface area contributed by atoms with Gasteiger partial charge >= 0.3 is 15.6 Å². The first kappa shape index (κ1) is 26.2. The molecule has 4 rings (SSSR count). The van der Waals surface area contributed by atoms with Crippen molar-refractivity contribution in [3.05, 3.63) is 76.7 Å². The zero-order valence-corrected chi connectivity index (χ0v) is 20.9. The van der Waals surface area contributed by atoms with Crippen LogP contribution in [0.5, 0.6) is 5.75 Å². The maximum atomic E-state index is 12.6. The number of halogens is 3. The van der Waals surface area contributed by atoms with Crippen LogP contribution in [0, 0.1) is 0 Å². The molecule has 2 heterocycles. The number of nitrogens with one attached hydrogen (secondary N) is 1. The first-order chi connectivity index (χ1) is 17.1. The van der Waals surface area contributed by atoms with E-state index in [4.69, 9.17) is 0 Å². The molecule has 0 atom stereocenters. The fraction of sp³-hybridized carbons (Fsp3) is 0.320. The Morgan fingerprint density at radius 1 is 1.06 bits per heavy atom. The summed E-state index contributed by atoms with van der Waals surface area (Å²) in [5, 5.41) is 4.94. The van der Waals surface area contributed by atoms with Crippen molar-refractivity contribution in [1.29, 1.82) is 0 Å². The van der Waals surface area contributed by atoms with Crippen LogP contribution in [-0.2, 0) is 23.1 Å². The minimum Gasteiger partial charge on any atom is -0.376 e. The number of rotatable bonds is 9. The smallest absolute Gasteiger partial charge is 0.376 e. The lowest BCUT2D eigenvalue weighted by Crippen LogP contribution is -2.32. The Kier molecular flexibility index (Phi) is 8.01. The highest BCUT2D eigenvalue weighted by Gasteiger charge is 2.48. The summed E-state index contributed by atoms with van der Waals surface area (Å²) in [5.74, 6) is -0.472. The quantitative estimate of drug-likeness (QED) is 0.230. The lowest BCUT2D eigenvalue weighted by Gasteiger charge is -2.29. The van der Waals surface area contributed by atoms with Gasteiger partial charge in [0.1, 0.15) is 5.75 Å². The number of carbonyl (C=O) groups excluding carboxylic acids is 1. The Hall–Kier alpha value is -2.89. The molecule has 192 valence electrons. The molecule has 3 aromatic rings. The Morgan fingerprint density at radius 2 is 1.83 bits per heavy atom. The third kappa shape index (κ3) is 6.45. The van der Waals surface area contributed by atoms with Gasteiger partial charge in [-0.3, -0.25) is 9.69 Å². The molecule has 36 heavy (non-hydrogen) atoms. The first-order valence-corrected chi connectivity index (χ1v) is 13.7. The van der Waals surface area contributed by atoms with E-state index in [1.54, 1.807) is 17.4 Å². The number of alkyl halides is 3. The van der Waals surface area contributed by atoms with Gasteiger partial charge in [0, 0.05) is 30.1 Å². The molecule has 1 N–H and O–H groups in total. The molecule has 0 bridgehead atoms. The van der Waals surface area contributed by atoms with Gasteiger partial charge < -0.3 is 9.50 Å². The summed E-state index contributed by atoms with van der Waals surface area (Å²) in [6.07, 6.45) is 2.31. The van der Waals surface area contributed by atoms with Crippen molar-refractivity contribution in [1.82, 2.24) is 10.2 Å². The van der Waals surface area contributed by atoms with E-state index in [0.29, 0.717) is 25.1 Å². The van der Waals surface area contributed by atoms with Crippen molar-refractivity contribution in [2.24, 2.45) is 0 Å². The zero-order chi connectivity index (χ0) is 25.8. The molecule has 2 aromatic carbocycles. The molecule has 0 saturated carbocycles. The van der Waals surface area contributed by atoms with Gasteiger partial charge in [-0.25, -0.2) is 0 Å². The van der Waals surface area contributed by atoms with Gasteiger partial charge in [0.15, 0.2) is 0 Å². The van der Waals surface area contributed by atoms with Crippen LogP contribution >= 0.6 is 11.3 Å². The minimum atomic E-state index is -5.70. The summed E-state index contributed by atoms with van der Waals surface area (Å²) in [5.41, 5.74) is -2.09. The minimum absolute atomic E-state index is 0.124. The van der Waals surface area contributed by atoms with Crippen molar-refractivity contribution < 1.29 is 30.6 Å². The summed E-state index contributed by atoms with van der Waals surface area (Å²) in [6.45, 7) is 2.55. The van der Waals surface area contributed by atoms with Gasteiger partial charge in [0.25, 0.3) is 5.91 Å². The number of thiophene rings is 1.